The van der Waals surface area contributed by atoms with Gasteiger partial charge in [-0.3, -0.25) is 0 Å². The lowest BCUT2D eigenvalue weighted by Gasteiger charge is -2.01. The second-order valence-electron chi connectivity index (χ2n) is 4.07. The molecule has 0 saturated heterocycles. The Bertz CT molecular complexity index is 778. The molecule has 0 aliphatic carbocycles. The van der Waals surface area contributed by atoms with E-state index >= 15 is 0 Å². The minimum Gasteiger partial charge on any atom is -0.464 e. The largest absolute Gasteiger partial charge is 0.464 e. The monoisotopic (exact) mass is 291 g/mol. The molecule has 0 unspecified atom stereocenters. The lowest BCUT2D eigenvalue weighted by Crippen LogP contribution is -2.03. The zero-order valence-electron chi connectivity index (χ0n) is 10.5. The van der Waals surface area contributed by atoms with E-state index in [4.69, 9.17) is 16.0 Å². The summed E-state index contributed by atoms with van der Waals surface area (Å²) in [6.07, 6.45) is 1.26. The van der Waals surface area contributed by atoms with Crippen LogP contribution in [-0.4, -0.2) is 27.6 Å². The van der Waals surface area contributed by atoms with Gasteiger partial charge in [0.15, 0.2) is 5.69 Å². The Labute approximate surface area is 118 Å². The van der Waals surface area contributed by atoms with Crippen LogP contribution >= 0.6 is 11.6 Å². The average molecular weight is 292 g/mol. The molecule has 3 aromatic rings. The van der Waals surface area contributed by atoms with Gasteiger partial charge in [0, 0.05) is 0 Å². The van der Waals surface area contributed by atoms with Crippen molar-refractivity contribution in [3.63, 3.8) is 0 Å². The number of halogens is 1. The molecule has 102 valence electrons. The van der Waals surface area contributed by atoms with Crippen molar-refractivity contribution in [1.29, 1.82) is 0 Å². The summed E-state index contributed by atoms with van der Waals surface area (Å²) >= 11 is 6.10. The number of hydrogen-bond acceptors (Lipinski definition) is 5. The molecule has 3 rings (SSSR count). The van der Waals surface area contributed by atoms with Gasteiger partial charge in [0.2, 0.25) is 11.2 Å². The zero-order valence-corrected chi connectivity index (χ0v) is 11.3. The van der Waals surface area contributed by atoms with Crippen molar-refractivity contribution < 1.29 is 13.9 Å². The molecular weight excluding hydrogens is 282 g/mol. The number of benzene rings is 1. The highest BCUT2D eigenvalue weighted by Gasteiger charge is 2.15. The van der Waals surface area contributed by atoms with Crippen molar-refractivity contribution in [3.8, 4) is 0 Å². The number of rotatable bonds is 3. The van der Waals surface area contributed by atoms with Crippen molar-refractivity contribution in [2.75, 3.05) is 7.11 Å². The number of imidazole rings is 1. The second kappa shape index (κ2) is 4.97. The number of aromatic nitrogens is 3. The fourth-order valence-electron chi connectivity index (χ4n) is 1.91. The minimum absolute atomic E-state index is 0.128. The maximum Gasteiger partial charge on any atom is 0.360 e. The van der Waals surface area contributed by atoms with Gasteiger partial charge in [-0.15, -0.1) is 0 Å². The minimum atomic E-state index is -0.540. The molecule has 0 radical (unpaired) electrons. The highest BCUT2D eigenvalue weighted by Crippen LogP contribution is 2.20. The first-order chi connectivity index (χ1) is 9.69. The molecule has 0 saturated carbocycles. The predicted molar refractivity (Wildman–Crippen MR) is 71.7 cm³/mol. The van der Waals surface area contributed by atoms with Gasteiger partial charge in [-0.1, -0.05) is 12.1 Å². The number of nitrogens with zero attached hydrogens (tertiary/aromatic N) is 3. The number of fused-ring (bicyclic) bond motifs is 1. The topological polar surface area (TPSA) is 70.2 Å². The average Bonchev–Trinajstić information content (AvgIpc) is 3.04. The molecule has 0 aliphatic heterocycles. The van der Waals surface area contributed by atoms with Crippen molar-refractivity contribution in [2.24, 2.45) is 0 Å². The van der Waals surface area contributed by atoms with Gasteiger partial charge in [-0.05, 0) is 23.7 Å². The second-order valence-corrected chi connectivity index (χ2v) is 4.41. The highest BCUT2D eigenvalue weighted by molar-refractivity contribution is 6.29. The summed E-state index contributed by atoms with van der Waals surface area (Å²) in [6, 6.07) is 7.55. The molecule has 2 aromatic heterocycles. The number of para-hydroxylation sites is 2. The van der Waals surface area contributed by atoms with Crippen molar-refractivity contribution in [2.45, 2.75) is 6.54 Å². The summed E-state index contributed by atoms with van der Waals surface area (Å²) in [4.78, 5) is 19.6. The summed E-state index contributed by atoms with van der Waals surface area (Å²) in [6.45, 7) is 0.288. The van der Waals surface area contributed by atoms with E-state index < -0.39 is 5.97 Å². The van der Waals surface area contributed by atoms with Gasteiger partial charge in [-0.25, -0.2) is 14.8 Å². The molecule has 0 N–H and O–H groups in total. The summed E-state index contributed by atoms with van der Waals surface area (Å²) < 4.78 is 11.6. The van der Waals surface area contributed by atoms with E-state index in [2.05, 4.69) is 14.7 Å². The van der Waals surface area contributed by atoms with Crippen LogP contribution < -0.4 is 0 Å². The summed E-state index contributed by atoms with van der Waals surface area (Å²) in [5.74, 6) is -0.183. The van der Waals surface area contributed by atoms with E-state index in [9.17, 15) is 4.79 Å². The van der Waals surface area contributed by atoms with Crippen molar-refractivity contribution in [3.05, 3.63) is 47.4 Å². The fourth-order valence-corrected chi connectivity index (χ4v) is 2.16. The summed E-state index contributed by atoms with van der Waals surface area (Å²) in [7, 11) is 1.29. The first kappa shape index (κ1) is 12.7. The molecule has 6 nitrogen and oxygen atoms in total. The van der Waals surface area contributed by atoms with Crippen LogP contribution in [-0.2, 0) is 11.3 Å². The number of carbonyl (C=O) groups is 1. The van der Waals surface area contributed by atoms with E-state index in [0.717, 1.165) is 11.0 Å². The normalized spacial score (nSPS) is 10.9. The van der Waals surface area contributed by atoms with E-state index in [0.29, 0.717) is 11.2 Å². The number of oxazole rings is 1. The molecule has 0 bridgehead atoms. The molecule has 0 fully saturated rings. The number of esters is 1. The van der Waals surface area contributed by atoms with Crippen LogP contribution in [0.4, 0.5) is 0 Å². The smallest absolute Gasteiger partial charge is 0.360 e. The van der Waals surface area contributed by atoms with E-state index in [1.165, 1.54) is 13.4 Å². The molecule has 20 heavy (non-hydrogen) atoms. The maximum absolute atomic E-state index is 11.3. The standard InChI is InChI=1S/C13H10ClN3O3/c1-19-12(18)9-7-20-11(15-9)6-17-10-5-3-2-4-8(10)16-13(17)14/h2-5,7H,6H2,1H3. The van der Waals surface area contributed by atoms with Crippen LogP contribution in [0.1, 0.15) is 16.4 Å². The van der Waals surface area contributed by atoms with Crippen LogP contribution in [0.2, 0.25) is 5.28 Å². The lowest BCUT2D eigenvalue weighted by molar-refractivity contribution is 0.0594. The third-order valence-electron chi connectivity index (χ3n) is 2.85. The van der Waals surface area contributed by atoms with Crippen LogP contribution in [0.5, 0.6) is 0 Å². The molecular formula is C13H10ClN3O3. The Balaban J connectivity index is 1.95. The Morgan fingerprint density at radius 3 is 3.00 bits per heavy atom. The van der Waals surface area contributed by atoms with E-state index in [1.807, 2.05) is 24.3 Å². The third kappa shape index (κ3) is 2.14. The highest BCUT2D eigenvalue weighted by atomic mass is 35.5. The molecule has 2 heterocycles. The molecule has 0 spiro atoms. The SMILES string of the molecule is COC(=O)c1coc(Cn2c(Cl)nc3ccccc32)n1. The first-order valence-electron chi connectivity index (χ1n) is 5.82. The van der Waals surface area contributed by atoms with Crippen LogP contribution in [0.3, 0.4) is 0 Å². The third-order valence-corrected chi connectivity index (χ3v) is 3.14. The zero-order chi connectivity index (χ0) is 14.1. The Kier molecular flexibility index (Phi) is 3.15. The summed E-state index contributed by atoms with van der Waals surface area (Å²) in [5, 5.41) is 0.337. The molecule has 0 amide bonds. The molecule has 1 aromatic carbocycles. The van der Waals surface area contributed by atoms with Gasteiger partial charge >= 0.3 is 5.97 Å². The van der Waals surface area contributed by atoms with E-state index in [1.54, 1.807) is 4.57 Å². The Morgan fingerprint density at radius 1 is 1.40 bits per heavy atom. The predicted octanol–water partition coefficient (Wildman–Crippen LogP) is 2.51. The molecule has 7 heteroatoms. The van der Waals surface area contributed by atoms with Gasteiger partial charge < -0.3 is 13.7 Å². The van der Waals surface area contributed by atoms with Crippen molar-refractivity contribution in [1.82, 2.24) is 14.5 Å². The number of carbonyl (C=O) groups excluding carboxylic acids is 1. The van der Waals surface area contributed by atoms with Crippen LogP contribution in [0, 0.1) is 0 Å². The van der Waals surface area contributed by atoms with Crippen LogP contribution in [0.15, 0.2) is 34.9 Å². The van der Waals surface area contributed by atoms with Gasteiger partial charge in [0.1, 0.15) is 12.8 Å². The van der Waals surface area contributed by atoms with Gasteiger partial charge in [-0.2, -0.15) is 0 Å². The quantitative estimate of drug-likeness (QED) is 0.693. The first-order valence-corrected chi connectivity index (χ1v) is 6.20. The maximum atomic E-state index is 11.3. The molecule has 0 atom stereocenters. The lowest BCUT2D eigenvalue weighted by atomic mass is 10.3. The van der Waals surface area contributed by atoms with E-state index in [-0.39, 0.29) is 12.2 Å². The number of methoxy groups -OCH3 is 1. The summed E-state index contributed by atoms with van der Waals surface area (Å²) in [5.41, 5.74) is 1.79. The number of hydrogen-bond donors (Lipinski definition) is 0. The number of ether oxygens (including phenoxy) is 1. The molecule has 0 aliphatic rings. The van der Waals surface area contributed by atoms with Crippen molar-refractivity contribution >= 4 is 28.6 Å². The van der Waals surface area contributed by atoms with Gasteiger partial charge in [0.25, 0.3) is 0 Å². The Hall–Kier alpha value is -2.34. The Morgan fingerprint density at radius 2 is 2.20 bits per heavy atom. The fraction of sp³-hybridized carbons (Fsp3) is 0.154. The van der Waals surface area contributed by atoms with Gasteiger partial charge in [0.05, 0.1) is 18.1 Å². The van der Waals surface area contributed by atoms with Crippen LogP contribution in [0.25, 0.3) is 11.0 Å².